The molecule has 1 aliphatic rings. The van der Waals surface area contributed by atoms with Crippen molar-refractivity contribution >= 4 is 10.8 Å². The van der Waals surface area contributed by atoms with Crippen molar-refractivity contribution in [1.82, 2.24) is 9.97 Å². The molecule has 0 bridgehead atoms. The molecule has 0 aliphatic heterocycles. The van der Waals surface area contributed by atoms with Crippen LogP contribution in [0.25, 0.3) is 22.2 Å². The Hall–Kier alpha value is -2.09. The molecule has 2 nitrogen and oxygen atoms in total. The summed E-state index contributed by atoms with van der Waals surface area (Å²) >= 11 is 0. The molecule has 23 heavy (non-hydrogen) atoms. The predicted octanol–water partition coefficient (Wildman–Crippen LogP) is 5.76. The van der Waals surface area contributed by atoms with Crippen LogP contribution in [0.4, 0.5) is 0 Å². The highest BCUT2D eigenvalue weighted by Gasteiger charge is 2.18. The Labute approximate surface area is 138 Å². The number of aromatic nitrogens is 2. The van der Waals surface area contributed by atoms with Crippen molar-refractivity contribution in [3.63, 3.8) is 0 Å². The molecular weight excluding hydrogens is 280 g/mol. The lowest BCUT2D eigenvalue weighted by molar-refractivity contribution is 0.724. The molecule has 1 heterocycles. The number of aryl methyl sites for hydroxylation is 2. The Morgan fingerprint density at radius 1 is 1.09 bits per heavy atom. The Bertz CT molecular complexity index is 838. The Balaban J connectivity index is 1.88. The fourth-order valence-corrected chi connectivity index (χ4v) is 3.91. The summed E-state index contributed by atoms with van der Waals surface area (Å²) in [5, 5.41) is 2.69. The van der Waals surface area contributed by atoms with Gasteiger partial charge in [0.05, 0.1) is 0 Å². The van der Waals surface area contributed by atoms with Crippen LogP contribution >= 0.6 is 0 Å². The van der Waals surface area contributed by atoms with Gasteiger partial charge in [-0.2, -0.15) is 0 Å². The third-order valence-corrected chi connectivity index (χ3v) is 5.35. The molecule has 0 radical (unpaired) electrons. The van der Waals surface area contributed by atoms with E-state index >= 15 is 0 Å². The maximum absolute atomic E-state index is 4.61. The molecule has 2 heteroatoms. The maximum atomic E-state index is 4.61. The number of hydrogen-bond donors (Lipinski definition) is 1. The molecule has 0 atom stereocenters. The molecule has 1 aliphatic carbocycles. The molecule has 0 saturated heterocycles. The number of fused-ring (bicyclic) bond motifs is 1. The largest absolute Gasteiger partial charge is 0.342 e. The zero-order valence-corrected chi connectivity index (χ0v) is 14.0. The molecule has 0 unspecified atom stereocenters. The Morgan fingerprint density at radius 2 is 1.91 bits per heavy atom. The average Bonchev–Trinajstić information content (AvgIpc) is 3.26. The van der Waals surface area contributed by atoms with Crippen LogP contribution in [-0.4, -0.2) is 9.97 Å². The van der Waals surface area contributed by atoms with E-state index in [2.05, 4.69) is 54.1 Å². The van der Waals surface area contributed by atoms with Crippen LogP contribution in [0, 0.1) is 6.92 Å². The summed E-state index contributed by atoms with van der Waals surface area (Å²) in [6.07, 6.45) is 8.38. The molecule has 0 amide bonds. The minimum atomic E-state index is 0.746. The van der Waals surface area contributed by atoms with E-state index in [0.717, 1.165) is 18.2 Å². The zero-order valence-electron chi connectivity index (χ0n) is 14.0. The van der Waals surface area contributed by atoms with Crippen LogP contribution in [0.2, 0.25) is 0 Å². The normalized spacial score (nSPS) is 15.6. The van der Waals surface area contributed by atoms with Gasteiger partial charge in [-0.3, -0.25) is 0 Å². The van der Waals surface area contributed by atoms with Gasteiger partial charge in [-0.25, -0.2) is 4.98 Å². The molecule has 1 aromatic heterocycles. The number of nitrogens with one attached hydrogen (secondary N) is 1. The van der Waals surface area contributed by atoms with Gasteiger partial charge in [0.15, 0.2) is 0 Å². The lowest BCUT2D eigenvalue weighted by atomic mass is 9.92. The molecule has 3 aromatic rings. The summed E-state index contributed by atoms with van der Waals surface area (Å²) in [6, 6.07) is 11.5. The maximum Gasteiger partial charge on any atom is 0.138 e. The van der Waals surface area contributed by atoms with Crippen molar-refractivity contribution in [3.8, 4) is 11.4 Å². The van der Waals surface area contributed by atoms with Gasteiger partial charge in [-0.15, -0.1) is 0 Å². The lowest BCUT2D eigenvalue weighted by Crippen LogP contribution is -1.94. The van der Waals surface area contributed by atoms with E-state index in [4.69, 9.17) is 0 Å². The highest BCUT2D eigenvalue weighted by atomic mass is 14.9. The molecule has 118 valence electrons. The first-order valence-electron chi connectivity index (χ1n) is 8.84. The van der Waals surface area contributed by atoms with Gasteiger partial charge in [-0.05, 0) is 54.0 Å². The van der Waals surface area contributed by atoms with Gasteiger partial charge in [0.1, 0.15) is 5.82 Å². The van der Waals surface area contributed by atoms with Gasteiger partial charge in [0.2, 0.25) is 0 Å². The van der Waals surface area contributed by atoms with Crippen LogP contribution in [0.1, 0.15) is 55.3 Å². The molecule has 1 saturated carbocycles. The van der Waals surface area contributed by atoms with E-state index in [-0.39, 0.29) is 0 Å². The number of rotatable bonds is 3. The van der Waals surface area contributed by atoms with Gasteiger partial charge in [0, 0.05) is 17.5 Å². The summed E-state index contributed by atoms with van der Waals surface area (Å²) in [6.45, 7) is 4.35. The summed E-state index contributed by atoms with van der Waals surface area (Å²) in [5.41, 5.74) is 5.26. The number of H-pyrrole nitrogens is 1. The van der Waals surface area contributed by atoms with Crippen LogP contribution in [-0.2, 0) is 6.42 Å². The van der Waals surface area contributed by atoms with Gasteiger partial charge in [-0.1, -0.05) is 50.1 Å². The highest BCUT2D eigenvalue weighted by Crippen LogP contribution is 2.37. The first-order valence-corrected chi connectivity index (χ1v) is 8.84. The Kier molecular flexibility index (Phi) is 3.68. The number of imidazole rings is 1. The molecule has 2 aromatic carbocycles. The summed E-state index contributed by atoms with van der Waals surface area (Å²) in [4.78, 5) is 8.08. The number of aromatic amines is 1. The first kappa shape index (κ1) is 14.5. The van der Waals surface area contributed by atoms with E-state index in [0.29, 0.717) is 0 Å². The van der Waals surface area contributed by atoms with Crippen molar-refractivity contribution in [2.75, 3.05) is 0 Å². The molecule has 1 N–H and O–H groups in total. The molecule has 4 rings (SSSR count). The van der Waals surface area contributed by atoms with Crippen molar-refractivity contribution in [2.45, 2.75) is 51.9 Å². The van der Waals surface area contributed by atoms with E-state index in [1.54, 1.807) is 0 Å². The minimum absolute atomic E-state index is 0.746. The highest BCUT2D eigenvalue weighted by molar-refractivity contribution is 5.97. The van der Waals surface area contributed by atoms with Crippen LogP contribution in [0.15, 0.2) is 36.5 Å². The van der Waals surface area contributed by atoms with Crippen molar-refractivity contribution in [3.05, 3.63) is 53.3 Å². The molecule has 0 spiro atoms. The topological polar surface area (TPSA) is 28.7 Å². The van der Waals surface area contributed by atoms with Crippen LogP contribution in [0.3, 0.4) is 0 Å². The van der Waals surface area contributed by atoms with Crippen molar-refractivity contribution in [1.29, 1.82) is 0 Å². The van der Waals surface area contributed by atoms with E-state index in [1.807, 2.05) is 6.20 Å². The third kappa shape index (κ3) is 2.56. The third-order valence-electron chi connectivity index (χ3n) is 5.35. The van der Waals surface area contributed by atoms with E-state index in [1.165, 1.54) is 58.8 Å². The smallest absolute Gasteiger partial charge is 0.138 e. The fourth-order valence-electron chi connectivity index (χ4n) is 3.91. The summed E-state index contributed by atoms with van der Waals surface area (Å²) < 4.78 is 0. The van der Waals surface area contributed by atoms with Gasteiger partial charge >= 0.3 is 0 Å². The van der Waals surface area contributed by atoms with Gasteiger partial charge in [0.25, 0.3) is 0 Å². The molecule has 1 fully saturated rings. The molecular formula is C21H24N2. The predicted molar refractivity (Wildman–Crippen MR) is 96.9 cm³/mol. The van der Waals surface area contributed by atoms with Crippen molar-refractivity contribution in [2.24, 2.45) is 0 Å². The minimum Gasteiger partial charge on any atom is -0.342 e. The zero-order chi connectivity index (χ0) is 15.8. The van der Waals surface area contributed by atoms with E-state index < -0.39 is 0 Å². The monoisotopic (exact) mass is 304 g/mol. The fraction of sp³-hybridized carbons (Fsp3) is 0.381. The first-order chi connectivity index (χ1) is 11.3. The number of hydrogen-bond acceptors (Lipinski definition) is 1. The summed E-state index contributed by atoms with van der Waals surface area (Å²) in [7, 11) is 0. The SMILES string of the molecule is CCc1cnc(-c2ccc(C)c3ccc(C4CCCC4)cc23)[nH]1. The second-order valence-corrected chi connectivity index (χ2v) is 6.83. The number of benzene rings is 2. The second kappa shape index (κ2) is 5.84. The van der Waals surface area contributed by atoms with Crippen LogP contribution < -0.4 is 0 Å². The lowest BCUT2D eigenvalue weighted by Gasteiger charge is -2.13. The van der Waals surface area contributed by atoms with Crippen molar-refractivity contribution < 1.29 is 0 Å². The second-order valence-electron chi connectivity index (χ2n) is 6.83. The van der Waals surface area contributed by atoms with E-state index in [9.17, 15) is 0 Å². The summed E-state index contributed by atoms with van der Waals surface area (Å²) in [5.74, 6) is 1.74. The standard InChI is InChI=1S/C21H24N2/c1-3-17-13-22-21(23-17)19-10-8-14(2)18-11-9-16(12-20(18)19)15-6-4-5-7-15/h8-13,15H,3-7H2,1-2H3,(H,22,23). The van der Waals surface area contributed by atoms with Crippen LogP contribution in [0.5, 0.6) is 0 Å². The van der Waals surface area contributed by atoms with Gasteiger partial charge < -0.3 is 4.98 Å². The quantitative estimate of drug-likeness (QED) is 0.655. The number of nitrogens with zero attached hydrogens (tertiary/aromatic N) is 1. The average molecular weight is 304 g/mol. The Morgan fingerprint density at radius 3 is 2.65 bits per heavy atom.